The van der Waals surface area contributed by atoms with Gasteiger partial charge in [0.25, 0.3) is 6.47 Å². The second-order valence-electron chi connectivity index (χ2n) is 3.66. The van der Waals surface area contributed by atoms with E-state index in [0.717, 1.165) is 0 Å². The predicted octanol–water partition coefficient (Wildman–Crippen LogP) is 1.18. The van der Waals surface area contributed by atoms with Gasteiger partial charge in [0, 0.05) is 11.8 Å². The molecule has 0 bridgehead atoms. The molecule has 1 aromatic heterocycles. The fourth-order valence-electron chi connectivity index (χ4n) is 1.14. The van der Waals surface area contributed by atoms with Crippen LogP contribution in [0.3, 0.4) is 0 Å². The molecule has 0 N–H and O–H groups in total. The Morgan fingerprint density at radius 1 is 1.40 bits per heavy atom. The number of carbonyl (C=O) groups excluding carboxylic acids is 2. The molecule has 0 radical (unpaired) electrons. The van der Waals surface area contributed by atoms with Crippen molar-refractivity contribution < 1.29 is 28.8 Å². The van der Waals surface area contributed by atoms with Crippen molar-refractivity contribution in [2.75, 3.05) is 13.2 Å². The molecule has 7 heteroatoms. The Morgan fingerprint density at radius 2 is 2.20 bits per heavy atom. The van der Waals surface area contributed by atoms with Gasteiger partial charge < -0.3 is 9.47 Å². The summed E-state index contributed by atoms with van der Waals surface area (Å²) in [5, 5.41) is 0. The van der Waals surface area contributed by atoms with Crippen molar-refractivity contribution in [2.24, 2.45) is 0 Å². The van der Waals surface area contributed by atoms with E-state index in [-0.39, 0.29) is 19.8 Å². The average molecular weight is 281 g/mol. The SMILES string of the molecule is C=C(C)C(=O)OCCOOCc1ncccc1OC=O. The van der Waals surface area contributed by atoms with Gasteiger partial charge in [-0.2, -0.15) is 0 Å². The van der Waals surface area contributed by atoms with Gasteiger partial charge in [0.05, 0.1) is 0 Å². The lowest BCUT2D eigenvalue weighted by Crippen LogP contribution is -2.11. The third kappa shape index (κ3) is 5.59. The number of hydrogen-bond donors (Lipinski definition) is 0. The molecule has 20 heavy (non-hydrogen) atoms. The number of nitrogens with zero attached hydrogens (tertiary/aromatic N) is 1. The first kappa shape index (κ1) is 15.8. The van der Waals surface area contributed by atoms with Gasteiger partial charge in [-0.3, -0.25) is 9.78 Å². The molecule has 0 saturated carbocycles. The zero-order valence-electron chi connectivity index (χ0n) is 11.0. The molecule has 0 aliphatic heterocycles. The van der Waals surface area contributed by atoms with Gasteiger partial charge >= 0.3 is 5.97 Å². The van der Waals surface area contributed by atoms with Gasteiger partial charge in [-0.1, -0.05) is 6.58 Å². The van der Waals surface area contributed by atoms with Crippen LogP contribution in [-0.2, 0) is 30.7 Å². The maximum absolute atomic E-state index is 11.0. The molecule has 0 spiro atoms. The summed E-state index contributed by atoms with van der Waals surface area (Å²) in [6.45, 7) is 5.41. The molecule has 0 unspecified atom stereocenters. The smallest absolute Gasteiger partial charge is 0.333 e. The number of hydrogen-bond acceptors (Lipinski definition) is 7. The predicted molar refractivity (Wildman–Crippen MR) is 67.4 cm³/mol. The minimum atomic E-state index is -0.486. The van der Waals surface area contributed by atoms with Gasteiger partial charge in [0.2, 0.25) is 0 Å². The quantitative estimate of drug-likeness (QED) is 0.168. The standard InChI is InChI=1S/C13H15NO6/c1-10(2)13(16)17-6-7-19-20-8-11-12(18-9-15)4-3-5-14-11/h3-5,9H,1,6-8H2,2H3. The molecular formula is C13H15NO6. The van der Waals surface area contributed by atoms with Crippen molar-refractivity contribution in [1.29, 1.82) is 0 Å². The molecular weight excluding hydrogens is 266 g/mol. The van der Waals surface area contributed by atoms with Crippen LogP contribution in [-0.4, -0.2) is 30.6 Å². The van der Waals surface area contributed by atoms with Crippen LogP contribution in [0.2, 0.25) is 0 Å². The second-order valence-corrected chi connectivity index (χ2v) is 3.66. The van der Waals surface area contributed by atoms with Crippen molar-refractivity contribution in [3.63, 3.8) is 0 Å². The first-order valence-corrected chi connectivity index (χ1v) is 5.76. The van der Waals surface area contributed by atoms with Crippen LogP contribution in [0.5, 0.6) is 5.75 Å². The van der Waals surface area contributed by atoms with Crippen molar-refractivity contribution >= 4 is 12.4 Å². The fraction of sp³-hybridized carbons (Fsp3) is 0.308. The lowest BCUT2D eigenvalue weighted by atomic mass is 10.3. The summed E-state index contributed by atoms with van der Waals surface area (Å²) in [6, 6.07) is 3.20. The number of aromatic nitrogens is 1. The van der Waals surface area contributed by atoms with Crippen LogP contribution >= 0.6 is 0 Å². The first-order valence-electron chi connectivity index (χ1n) is 5.76. The molecule has 0 atom stereocenters. The topological polar surface area (TPSA) is 84.0 Å². The Morgan fingerprint density at radius 3 is 2.90 bits per heavy atom. The van der Waals surface area contributed by atoms with E-state index in [1.165, 1.54) is 6.20 Å². The minimum absolute atomic E-state index is 0.00154. The molecule has 0 amide bonds. The van der Waals surface area contributed by atoms with Crippen molar-refractivity contribution in [3.8, 4) is 5.75 Å². The van der Waals surface area contributed by atoms with E-state index in [0.29, 0.717) is 23.5 Å². The van der Waals surface area contributed by atoms with Crippen LogP contribution in [0, 0.1) is 0 Å². The molecule has 108 valence electrons. The Hall–Kier alpha value is -2.25. The summed E-state index contributed by atoms with van der Waals surface area (Å²) in [5.41, 5.74) is 0.730. The van der Waals surface area contributed by atoms with Crippen molar-refractivity contribution in [3.05, 3.63) is 36.2 Å². The summed E-state index contributed by atoms with van der Waals surface area (Å²) in [7, 11) is 0. The molecule has 0 aliphatic rings. The monoisotopic (exact) mass is 281 g/mol. The van der Waals surface area contributed by atoms with Gasteiger partial charge in [-0.05, 0) is 19.1 Å². The second kappa shape index (κ2) is 8.78. The van der Waals surface area contributed by atoms with E-state index in [9.17, 15) is 9.59 Å². The van der Waals surface area contributed by atoms with E-state index in [2.05, 4.69) is 11.6 Å². The number of carbonyl (C=O) groups is 2. The van der Waals surface area contributed by atoms with Crippen LogP contribution < -0.4 is 4.74 Å². The highest BCUT2D eigenvalue weighted by Gasteiger charge is 2.06. The molecule has 0 fully saturated rings. The highest BCUT2D eigenvalue weighted by atomic mass is 17.2. The van der Waals surface area contributed by atoms with Gasteiger partial charge in [-0.15, -0.1) is 0 Å². The summed E-state index contributed by atoms with van der Waals surface area (Å²) < 4.78 is 9.50. The summed E-state index contributed by atoms with van der Waals surface area (Å²) in [4.78, 5) is 35.0. The Kier molecular flexibility index (Phi) is 6.94. The van der Waals surface area contributed by atoms with E-state index in [1.54, 1.807) is 19.1 Å². The summed E-state index contributed by atoms with van der Waals surface area (Å²) in [6.07, 6.45) is 1.53. The number of ether oxygens (including phenoxy) is 2. The Balaban J connectivity index is 2.23. The third-order valence-corrected chi connectivity index (χ3v) is 2.05. The highest BCUT2D eigenvalue weighted by Crippen LogP contribution is 2.15. The number of esters is 1. The number of rotatable bonds is 9. The zero-order valence-corrected chi connectivity index (χ0v) is 11.0. The molecule has 0 aromatic carbocycles. The molecule has 1 rings (SSSR count). The van der Waals surface area contributed by atoms with Crippen LogP contribution in [0.15, 0.2) is 30.5 Å². The highest BCUT2D eigenvalue weighted by molar-refractivity contribution is 5.86. The zero-order chi connectivity index (χ0) is 14.8. The van der Waals surface area contributed by atoms with E-state index < -0.39 is 5.97 Å². The summed E-state index contributed by atoms with van der Waals surface area (Å²) >= 11 is 0. The molecule has 1 aromatic rings. The first-order chi connectivity index (χ1) is 9.65. The summed E-state index contributed by atoms with van der Waals surface area (Å²) in [5.74, 6) is -0.195. The van der Waals surface area contributed by atoms with Crippen LogP contribution in [0.1, 0.15) is 12.6 Å². The Bertz CT molecular complexity index is 474. The fourth-order valence-corrected chi connectivity index (χ4v) is 1.14. The van der Waals surface area contributed by atoms with Gasteiger partial charge in [0.15, 0.2) is 5.75 Å². The van der Waals surface area contributed by atoms with Gasteiger partial charge in [-0.25, -0.2) is 14.6 Å². The molecule has 0 saturated heterocycles. The molecule has 0 aliphatic carbocycles. The van der Waals surface area contributed by atoms with Gasteiger partial charge in [0.1, 0.15) is 25.5 Å². The third-order valence-electron chi connectivity index (χ3n) is 2.05. The lowest BCUT2D eigenvalue weighted by Gasteiger charge is -2.07. The molecule has 7 nitrogen and oxygen atoms in total. The van der Waals surface area contributed by atoms with E-state index in [4.69, 9.17) is 19.2 Å². The maximum Gasteiger partial charge on any atom is 0.333 e. The normalized spacial score (nSPS) is 9.85. The Labute approximate surface area is 116 Å². The average Bonchev–Trinajstić information content (AvgIpc) is 2.44. The molecule has 1 heterocycles. The van der Waals surface area contributed by atoms with Crippen molar-refractivity contribution in [1.82, 2.24) is 4.98 Å². The minimum Gasteiger partial charge on any atom is -0.460 e. The maximum atomic E-state index is 11.0. The van der Waals surface area contributed by atoms with Crippen LogP contribution in [0.4, 0.5) is 0 Å². The van der Waals surface area contributed by atoms with Crippen molar-refractivity contribution in [2.45, 2.75) is 13.5 Å². The lowest BCUT2D eigenvalue weighted by molar-refractivity contribution is -0.307. The van der Waals surface area contributed by atoms with E-state index in [1.807, 2.05) is 0 Å². The van der Waals surface area contributed by atoms with Crippen LogP contribution in [0.25, 0.3) is 0 Å². The number of pyridine rings is 1. The van der Waals surface area contributed by atoms with E-state index >= 15 is 0 Å². The largest absolute Gasteiger partial charge is 0.460 e.